The third-order valence-electron chi connectivity index (χ3n) is 3.31. The number of carboxylic acid groups (broad SMARTS) is 1. The van der Waals surface area contributed by atoms with E-state index < -0.39 is 5.97 Å². The fourth-order valence-corrected chi connectivity index (χ4v) is 2.57. The van der Waals surface area contributed by atoms with Crippen molar-refractivity contribution >= 4 is 11.9 Å². The van der Waals surface area contributed by atoms with Crippen LogP contribution in [0.15, 0.2) is 0 Å². The number of rotatable bonds is 6. The minimum atomic E-state index is -0.823. The van der Waals surface area contributed by atoms with E-state index in [1.807, 2.05) is 0 Å². The van der Waals surface area contributed by atoms with Gasteiger partial charge in [-0.3, -0.25) is 14.4 Å². The van der Waals surface area contributed by atoms with Crippen molar-refractivity contribution in [1.82, 2.24) is 5.48 Å². The van der Waals surface area contributed by atoms with E-state index in [4.69, 9.17) is 9.94 Å². The molecule has 1 aliphatic carbocycles. The molecule has 0 unspecified atom stereocenters. The number of hydroxylamine groups is 1. The lowest BCUT2D eigenvalue weighted by atomic mass is 9.69. The Hall–Kier alpha value is -1.10. The standard InChI is InChI=1S/C12H21NO4/c1-2-17-13-10(14)8-12(9-11(15)16)6-4-3-5-7-12/h2-9H2,1H3,(H,13,14)(H,15,16). The van der Waals surface area contributed by atoms with Crippen LogP contribution in [0.3, 0.4) is 0 Å². The zero-order chi connectivity index (χ0) is 12.7. The van der Waals surface area contributed by atoms with Crippen LogP contribution in [0.25, 0.3) is 0 Å². The number of nitrogens with one attached hydrogen (secondary N) is 1. The van der Waals surface area contributed by atoms with Gasteiger partial charge in [0, 0.05) is 6.42 Å². The van der Waals surface area contributed by atoms with Gasteiger partial charge >= 0.3 is 5.97 Å². The zero-order valence-corrected chi connectivity index (χ0v) is 10.3. The van der Waals surface area contributed by atoms with E-state index in [0.717, 1.165) is 32.1 Å². The molecule has 5 heteroatoms. The molecule has 1 saturated carbocycles. The fraction of sp³-hybridized carbons (Fsp3) is 0.833. The predicted molar refractivity (Wildman–Crippen MR) is 62.2 cm³/mol. The molecule has 0 bridgehead atoms. The van der Waals surface area contributed by atoms with Gasteiger partial charge in [-0.25, -0.2) is 5.48 Å². The van der Waals surface area contributed by atoms with Gasteiger partial charge in [0.15, 0.2) is 0 Å². The van der Waals surface area contributed by atoms with Gasteiger partial charge in [-0.2, -0.15) is 0 Å². The number of carboxylic acids is 1. The highest BCUT2D eigenvalue weighted by Crippen LogP contribution is 2.42. The first-order chi connectivity index (χ1) is 8.08. The Morgan fingerprint density at radius 1 is 1.24 bits per heavy atom. The summed E-state index contributed by atoms with van der Waals surface area (Å²) in [5.41, 5.74) is 1.98. The number of hydrogen-bond donors (Lipinski definition) is 2. The van der Waals surface area contributed by atoms with E-state index in [1.54, 1.807) is 6.92 Å². The fourth-order valence-electron chi connectivity index (χ4n) is 2.57. The molecule has 0 saturated heterocycles. The highest BCUT2D eigenvalue weighted by atomic mass is 16.6. The molecule has 17 heavy (non-hydrogen) atoms. The predicted octanol–water partition coefficient (Wildman–Crippen LogP) is 1.87. The number of hydrogen-bond acceptors (Lipinski definition) is 3. The molecule has 5 nitrogen and oxygen atoms in total. The van der Waals surface area contributed by atoms with E-state index >= 15 is 0 Å². The quantitative estimate of drug-likeness (QED) is 0.698. The van der Waals surface area contributed by atoms with Crippen LogP contribution in [0, 0.1) is 5.41 Å². The van der Waals surface area contributed by atoms with Crippen LogP contribution in [0.2, 0.25) is 0 Å². The van der Waals surface area contributed by atoms with Crippen LogP contribution >= 0.6 is 0 Å². The van der Waals surface area contributed by atoms with Gasteiger partial charge in [-0.15, -0.1) is 0 Å². The number of carbonyl (C=O) groups excluding carboxylic acids is 1. The summed E-state index contributed by atoms with van der Waals surface area (Å²) in [4.78, 5) is 27.4. The van der Waals surface area contributed by atoms with E-state index in [-0.39, 0.29) is 24.2 Å². The highest BCUT2D eigenvalue weighted by Gasteiger charge is 2.36. The Balaban J connectivity index is 2.56. The topological polar surface area (TPSA) is 75.6 Å². The third-order valence-corrected chi connectivity index (χ3v) is 3.31. The first kappa shape index (κ1) is 14.0. The van der Waals surface area contributed by atoms with Gasteiger partial charge in [-0.1, -0.05) is 19.3 Å². The van der Waals surface area contributed by atoms with E-state index in [0.29, 0.717) is 6.61 Å². The summed E-state index contributed by atoms with van der Waals surface area (Å²) in [6.45, 7) is 2.20. The minimum Gasteiger partial charge on any atom is -0.481 e. The molecule has 98 valence electrons. The molecule has 1 amide bonds. The summed E-state index contributed by atoms with van der Waals surface area (Å²) >= 11 is 0. The van der Waals surface area contributed by atoms with Crippen molar-refractivity contribution in [3.05, 3.63) is 0 Å². The molecule has 0 aromatic heterocycles. The van der Waals surface area contributed by atoms with Gasteiger partial charge in [0.1, 0.15) is 0 Å². The molecule has 0 atom stereocenters. The molecule has 0 aromatic carbocycles. The lowest BCUT2D eigenvalue weighted by Crippen LogP contribution is -2.35. The lowest BCUT2D eigenvalue weighted by molar-refractivity contribution is -0.143. The number of aliphatic carboxylic acids is 1. The van der Waals surface area contributed by atoms with Crippen molar-refractivity contribution in [2.75, 3.05) is 6.61 Å². The van der Waals surface area contributed by atoms with Crippen LogP contribution in [0.4, 0.5) is 0 Å². The minimum absolute atomic E-state index is 0.0759. The van der Waals surface area contributed by atoms with Gasteiger partial charge in [0.2, 0.25) is 5.91 Å². The Bertz CT molecular complexity index is 272. The normalized spacial score (nSPS) is 18.6. The van der Waals surface area contributed by atoms with Crippen LogP contribution in [-0.2, 0) is 14.4 Å². The van der Waals surface area contributed by atoms with Gasteiger partial charge in [0.05, 0.1) is 13.0 Å². The van der Waals surface area contributed by atoms with Gasteiger partial charge in [-0.05, 0) is 25.2 Å². The van der Waals surface area contributed by atoms with Crippen LogP contribution in [0.1, 0.15) is 51.9 Å². The second-order valence-corrected chi connectivity index (χ2v) is 4.77. The molecular weight excluding hydrogens is 222 g/mol. The zero-order valence-electron chi connectivity index (χ0n) is 10.3. The highest BCUT2D eigenvalue weighted by molar-refractivity contribution is 5.77. The molecule has 0 heterocycles. The maximum atomic E-state index is 11.6. The average Bonchev–Trinajstić information content (AvgIpc) is 2.26. The maximum absolute atomic E-state index is 11.6. The molecule has 0 radical (unpaired) electrons. The second kappa shape index (κ2) is 6.59. The van der Waals surface area contributed by atoms with Crippen molar-refractivity contribution in [2.45, 2.75) is 51.9 Å². The number of carbonyl (C=O) groups is 2. The molecular formula is C12H21NO4. The van der Waals surface area contributed by atoms with Gasteiger partial charge in [0.25, 0.3) is 0 Å². The Morgan fingerprint density at radius 3 is 2.41 bits per heavy atom. The smallest absolute Gasteiger partial charge is 0.303 e. The van der Waals surface area contributed by atoms with Crippen molar-refractivity contribution in [1.29, 1.82) is 0 Å². The Kier molecular flexibility index (Phi) is 5.41. The van der Waals surface area contributed by atoms with Crippen LogP contribution in [0.5, 0.6) is 0 Å². The van der Waals surface area contributed by atoms with E-state index in [2.05, 4.69) is 5.48 Å². The summed E-state index contributed by atoms with van der Waals surface area (Å²) in [5, 5.41) is 8.96. The van der Waals surface area contributed by atoms with Crippen molar-refractivity contribution in [3.8, 4) is 0 Å². The first-order valence-electron chi connectivity index (χ1n) is 6.20. The summed E-state index contributed by atoms with van der Waals surface area (Å²) in [6, 6.07) is 0. The number of amides is 1. The molecule has 0 spiro atoms. The molecule has 0 aliphatic heterocycles. The molecule has 1 rings (SSSR count). The summed E-state index contributed by atoms with van der Waals surface area (Å²) in [6.07, 6.45) is 5.11. The van der Waals surface area contributed by atoms with E-state index in [9.17, 15) is 9.59 Å². The summed E-state index contributed by atoms with van der Waals surface area (Å²) < 4.78 is 0. The molecule has 1 fully saturated rings. The monoisotopic (exact) mass is 243 g/mol. The Morgan fingerprint density at radius 2 is 1.88 bits per heavy atom. The van der Waals surface area contributed by atoms with Crippen LogP contribution in [-0.4, -0.2) is 23.6 Å². The van der Waals surface area contributed by atoms with Crippen molar-refractivity contribution in [2.24, 2.45) is 5.41 Å². The van der Waals surface area contributed by atoms with Crippen molar-refractivity contribution in [3.63, 3.8) is 0 Å². The summed E-state index contributed by atoms with van der Waals surface area (Å²) in [7, 11) is 0. The SMILES string of the molecule is CCONC(=O)CC1(CC(=O)O)CCCCC1. The average molecular weight is 243 g/mol. The third kappa shape index (κ3) is 4.73. The summed E-state index contributed by atoms with van der Waals surface area (Å²) in [5.74, 6) is -1.04. The molecule has 2 N–H and O–H groups in total. The van der Waals surface area contributed by atoms with Crippen LogP contribution < -0.4 is 5.48 Å². The van der Waals surface area contributed by atoms with Crippen molar-refractivity contribution < 1.29 is 19.5 Å². The lowest BCUT2D eigenvalue weighted by Gasteiger charge is -2.35. The maximum Gasteiger partial charge on any atom is 0.303 e. The second-order valence-electron chi connectivity index (χ2n) is 4.77. The molecule has 1 aliphatic rings. The largest absolute Gasteiger partial charge is 0.481 e. The first-order valence-corrected chi connectivity index (χ1v) is 6.20. The Labute approximate surface area is 101 Å². The van der Waals surface area contributed by atoms with Gasteiger partial charge < -0.3 is 5.11 Å². The van der Waals surface area contributed by atoms with E-state index in [1.165, 1.54) is 0 Å². The molecule has 0 aromatic rings.